The predicted molar refractivity (Wildman–Crippen MR) is 122 cm³/mol. The minimum Gasteiger partial charge on any atom is -0.490 e. The fourth-order valence-corrected chi connectivity index (χ4v) is 4.64. The largest absolute Gasteiger partial charge is 0.490 e. The van der Waals surface area contributed by atoms with E-state index in [1.165, 1.54) is 0 Å². The third-order valence-corrected chi connectivity index (χ3v) is 5.91. The van der Waals surface area contributed by atoms with E-state index in [-0.39, 0.29) is 6.04 Å². The van der Waals surface area contributed by atoms with Gasteiger partial charge in [0.25, 0.3) is 0 Å². The molecule has 0 radical (unpaired) electrons. The van der Waals surface area contributed by atoms with Crippen LogP contribution in [0, 0.1) is 0 Å². The van der Waals surface area contributed by atoms with E-state index < -0.39 is 12.0 Å². The van der Waals surface area contributed by atoms with Gasteiger partial charge in [0.1, 0.15) is 6.04 Å². The molecule has 1 aliphatic heterocycles. The molecule has 1 N–H and O–H groups in total. The van der Waals surface area contributed by atoms with Gasteiger partial charge in [-0.3, -0.25) is 9.69 Å². The topological polar surface area (TPSA) is 59.0 Å². The third-order valence-electron chi connectivity index (χ3n) is 5.91. The molecule has 0 aliphatic carbocycles. The lowest BCUT2D eigenvalue weighted by atomic mass is 9.91. The number of likely N-dealkylation sites (tertiary alicyclic amines) is 1. The maximum Gasteiger partial charge on any atom is 0.320 e. The summed E-state index contributed by atoms with van der Waals surface area (Å²) >= 11 is 0. The van der Waals surface area contributed by atoms with Crippen molar-refractivity contribution in [3.05, 3.63) is 71.8 Å². The van der Waals surface area contributed by atoms with E-state index in [1.807, 2.05) is 44.2 Å². The van der Waals surface area contributed by atoms with Gasteiger partial charge in [0.05, 0.1) is 19.3 Å². The number of carboxylic acids is 1. The van der Waals surface area contributed by atoms with Crippen LogP contribution in [0.25, 0.3) is 10.8 Å². The first-order valence-electron chi connectivity index (χ1n) is 11.0. The Bertz CT molecular complexity index is 1060. The van der Waals surface area contributed by atoms with E-state index in [4.69, 9.17) is 9.47 Å². The van der Waals surface area contributed by atoms with Crippen molar-refractivity contribution >= 4 is 16.7 Å². The summed E-state index contributed by atoms with van der Waals surface area (Å²) in [5.41, 5.74) is 2.12. The minimum absolute atomic E-state index is 0.190. The summed E-state index contributed by atoms with van der Waals surface area (Å²) in [6, 6.07) is 19.8. The molecule has 2 atom stereocenters. The normalized spacial score (nSPS) is 17.5. The highest BCUT2D eigenvalue weighted by Gasteiger charge is 2.37. The second kappa shape index (κ2) is 9.40. The average molecular weight is 420 g/mol. The van der Waals surface area contributed by atoms with Crippen molar-refractivity contribution in [3.63, 3.8) is 0 Å². The van der Waals surface area contributed by atoms with Crippen LogP contribution < -0.4 is 9.47 Å². The Labute approximate surface area is 183 Å². The number of fused-ring (bicyclic) bond motifs is 1. The van der Waals surface area contributed by atoms with Gasteiger partial charge in [-0.15, -0.1) is 0 Å². The maximum absolute atomic E-state index is 12.1. The first-order valence-corrected chi connectivity index (χ1v) is 11.0. The molecular weight excluding hydrogens is 390 g/mol. The lowest BCUT2D eigenvalue weighted by molar-refractivity contribution is -0.142. The molecule has 3 aromatic carbocycles. The number of nitrogens with zero attached hydrogens (tertiary/aromatic N) is 1. The van der Waals surface area contributed by atoms with Gasteiger partial charge < -0.3 is 14.6 Å². The molecule has 0 bridgehead atoms. The number of carbonyl (C=O) groups is 1. The highest BCUT2D eigenvalue weighted by molar-refractivity contribution is 5.86. The Morgan fingerprint density at radius 1 is 1.03 bits per heavy atom. The van der Waals surface area contributed by atoms with Gasteiger partial charge >= 0.3 is 5.97 Å². The molecule has 4 rings (SSSR count). The lowest BCUT2D eigenvalue weighted by Gasteiger charge is -2.33. The maximum atomic E-state index is 12.1. The number of aliphatic carboxylic acids is 1. The molecule has 2 unspecified atom stereocenters. The van der Waals surface area contributed by atoms with Gasteiger partial charge in [-0.05, 0) is 60.7 Å². The lowest BCUT2D eigenvalue weighted by Crippen LogP contribution is -2.39. The number of hydrogen-bond donors (Lipinski definition) is 1. The number of ether oxygens (including phenoxy) is 2. The van der Waals surface area contributed by atoms with Gasteiger partial charge in [-0.25, -0.2) is 0 Å². The zero-order valence-electron chi connectivity index (χ0n) is 18.1. The van der Waals surface area contributed by atoms with E-state index in [0.717, 1.165) is 34.9 Å². The van der Waals surface area contributed by atoms with Crippen LogP contribution in [0.5, 0.6) is 11.5 Å². The van der Waals surface area contributed by atoms with Gasteiger partial charge in [-0.1, -0.05) is 48.5 Å². The van der Waals surface area contributed by atoms with Gasteiger partial charge in [0, 0.05) is 6.54 Å². The smallest absolute Gasteiger partial charge is 0.320 e. The van der Waals surface area contributed by atoms with Crippen molar-refractivity contribution in [1.29, 1.82) is 0 Å². The standard InChI is InChI=1S/C26H29NO4/c1-3-30-23-15-14-19(17-24(23)31-4-2)25(27-16-8-13-22(27)26(28)29)21-12-7-10-18-9-5-6-11-20(18)21/h5-7,9-12,14-15,17,22,25H,3-4,8,13,16H2,1-2H3,(H,28,29). The number of hydrogen-bond acceptors (Lipinski definition) is 4. The number of carboxylic acid groups (broad SMARTS) is 1. The quantitative estimate of drug-likeness (QED) is 0.539. The summed E-state index contributed by atoms with van der Waals surface area (Å²) in [5, 5.41) is 12.2. The van der Waals surface area contributed by atoms with Gasteiger partial charge in [-0.2, -0.15) is 0 Å². The van der Waals surface area contributed by atoms with E-state index in [9.17, 15) is 9.90 Å². The fourth-order valence-electron chi connectivity index (χ4n) is 4.64. The fraction of sp³-hybridized carbons (Fsp3) is 0.346. The van der Waals surface area contributed by atoms with Crippen LogP contribution in [0.4, 0.5) is 0 Å². The first-order chi connectivity index (χ1) is 15.1. The summed E-state index contributed by atoms with van der Waals surface area (Å²) in [4.78, 5) is 14.2. The van der Waals surface area contributed by atoms with E-state index >= 15 is 0 Å². The molecule has 1 aliphatic rings. The second-order valence-corrected chi connectivity index (χ2v) is 7.78. The Morgan fingerprint density at radius 3 is 2.55 bits per heavy atom. The van der Waals surface area contributed by atoms with Crippen LogP contribution in [-0.4, -0.2) is 41.8 Å². The number of benzene rings is 3. The average Bonchev–Trinajstić information content (AvgIpc) is 3.26. The molecular formula is C26H29NO4. The van der Waals surface area contributed by atoms with Crippen molar-refractivity contribution in [2.24, 2.45) is 0 Å². The highest BCUT2D eigenvalue weighted by Crippen LogP contribution is 2.41. The molecule has 0 amide bonds. The van der Waals surface area contributed by atoms with Crippen molar-refractivity contribution in [2.75, 3.05) is 19.8 Å². The van der Waals surface area contributed by atoms with Crippen molar-refractivity contribution in [2.45, 2.75) is 38.8 Å². The van der Waals surface area contributed by atoms with Crippen molar-refractivity contribution < 1.29 is 19.4 Å². The molecule has 31 heavy (non-hydrogen) atoms. The number of rotatable bonds is 8. The van der Waals surface area contributed by atoms with Gasteiger partial charge in [0.15, 0.2) is 11.5 Å². The summed E-state index contributed by atoms with van der Waals surface area (Å²) in [5.74, 6) is 0.637. The van der Waals surface area contributed by atoms with Crippen LogP contribution in [0.15, 0.2) is 60.7 Å². The Morgan fingerprint density at radius 2 is 1.77 bits per heavy atom. The van der Waals surface area contributed by atoms with E-state index in [1.54, 1.807) is 0 Å². The Kier molecular flexibility index (Phi) is 6.42. The summed E-state index contributed by atoms with van der Waals surface area (Å²) in [6.45, 7) is 5.72. The van der Waals surface area contributed by atoms with Crippen LogP contribution in [-0.2, 0) is 4.79 Å². The summed E-state index contributed by atoms with van der Waals surface area (Å²) < 4.78 is 11.6. The molecule has 0 saturated carbocycles. The van der Waals surface area contributed by atoms with Gasteiger partial charge in [0.2, 0.25) is 0 Å². The van der Waals surface area contributed by atoms with Crippen molar-refractivity contribution in [3.8, 4) is 11.5 Å². The van der Waals surface area contributed by atoms with Crippen LogP contribution in [0.3, 0.4) is 0 Å². The van der Waals surface area contributed by atoms with Crippen molar-refractivity contribution in [1.82, 2.24) is 4.90 Å². The highest BCUT2D eigenvalue weighted by atomic mass is 16.5. The van der Waals surface area contributed by atoms with Crippen LogP contribution >= 0.6 is 0 Å². The summed E-state index contributed by atoms with van der Waals surface area (Å²) in [7, 11) is 0. The summed E-state index contributed by atoms with van der Waals surface area (Å²) in [6.07, 6.45) is 1.53. The first kappa shape index (κ1) is 21.2. The van der Waals surface area contributed by atoms with E-state index in [0.29, 0.717) is 31.1 Å². The molecule has 1 heterocycles. The van der Waals surface area contributed by atoms with Crippen LogP contribution in [0.1, 0.15) is 43.9 Å². The predicted octanol–water partition coefficient (Wildman–Crippen LogP) is 5.28. The second-order valence-electron chi connectivity index (χ2n) is 7.78. The Balaban J connectivity index is 1.89. The zero-order chi connectivity index (χ0) is 21.8. The van der Waals surface area contributed by atoms with E-state index in [2.05, 4.69) is 35.2 Å². The molecule has 0 spiro atoms. The Hall–Kier alpha value is -3.05. The SMILES string of the molecule is CCOc1ccc(C(c2cccc3ccccc23)N2CCCC2C(=O)O)cc1OCC. The molecule has 3 aromatic rings. The molecule has 1 saturated heterocycles. The van der Waals surface area contributed by atoms with Crippen LogP contribution in [0.2, 0.25) is 0 Å². The zero-order valence-corrected chi connectivity index (χ0v) is 18.1. The molecule has 1 fully saturated rings. The molecule has 162 valence electrons. The monoisotopic (exact) mass is 419 g/mol. The third kappa shape index (κ3) is 4.23. The minimum atomic E-state index is -0.765. The molecule has 5 nitrogen and oxygen atoms in total. The molecule has 0 aromatic heterocycles. The molecule has 5 heteroatoms.